The van der Waals surface area contributed by atoms with Gasteiger partial charge < -0.3 is 15.8 Å². The molecule has 21 heavy (non-hydrogen) atoms. The summed E-state index contributed by atoms with van der Waals surface area (Å²) < 4.78 is 6.73. The van der Waals surface area contributed by atoms with Gasteiger partial charge in [-0.05, 0) is 24.7 Å². The first-order valence-corrected chi connectivity index (χ1v) is 7.43. The Kier molecular flexibility index (Phi) is 5.06. The third kappa shape index (κ3) is 3.87. The molecule has 1 aromatic rings. The number of ether oxygens (including phenoxy) is 1. The minimum atomic E-state index is -0.456. The van der Waals surface area contributed by atoms with Crippen LogP contribution in [0.25, 0.3) is 0 Å². The molecule has 7 heteroatoms. The van der Waals surface area contributed by atoms with Crippen LogP contribution in [0.4, 0.5) is 11.5 Å². The van der Waals surface area contributed by atoms with E-state index < -0.39 is 11.2 Å². The summed E-state index contributed by atoms with van der Waals surface area (Å²) in [4.78, 5) is 26.1. The van der Waals surface area contributed by atoms with Gasteiger partial charge in [0.2, 0.25) is 0 Å². The van der Waals surface area contributed by atoms with Crippen LogP contribution >= 0.6 is 0 Å². The lowest BCUT2D eigenvalue weighted by Gasteiger charge is -2.23. The van der Waals surface area contributed by atoms with E-state index in [1.54, 1.807) is 0 Å². The van der Waals surface area contributed by atoms with Crippen molar-refractivity contribution < 1.29 is 4.74 Å². The second-order valence-electron chi connectivity index (χ2n) is 5.96. The molecule has 0 aliphatic carbocycles. The molecule has 118 valence electrons. The zero-order valence-corrected chi connectivity index (χ0v) is 12.6. The first-order chi connectivity index (χ1) is 9.99. The van der Waals surface area contributed by atoms with E-state index in [9.17, 15) is 9.59 Å². The number of H-pyrrole nitrogens is 1. The molecule has 0 bridgehead atoms. The summed E-state index contributed by atoms with van der Waals surface area (Å²) in [6.07, 6.45) is 1.94. The lowest BCUT2D eigenvalue weighted by molar-refractivity contribution is 0.0699. The Morgan fingerprint density at radius 1 is 1.38 bits per heavy atom. The zero-order chi connectivity index (χ0) is 15.4. The van der Waals surface area contributed by atoms with Gasteiger partial charge in [-0.1, -0.05) is 13.8 Å². The number of aromatic nitrogens is 2. The summed E-state index contributed by atoms with van der Waals surface area (Å²) >= 11 is 0. The zero-order valence-electron chi connectivity index (χ0n) is 12.6. The highest BCUT2D eigenvalue weighted by atomic mass is 16.5. The summed E-state index contributed by atoms with van der Waals surface area (Å²) in [5.74, 6) is 0.937. The smallest absolute Gasteiger partial charge is 0.330 e. The summed E-state index contributed by atoms with van der Waals surface area (Å²) in [6, 6.07) is 0. The van der Waals surface area contributed by atoms with E-state index in [0.29, 0.717) is 24.7 Å². The van der Waals surface area contributed by atoms with E-state index >= 15 is 0 Å². The monoisotopic (exact) mass is 296 g/mol. The predicted molar refractivity (Wildman–Crippen MR) is 82.6 cm³/mol. The van der Waals surface area contributed by atoms with Gasteiger partial charge >= 0.3 is 5.69 Å². The molecule has 2 heterocycles. The van der Waals surface area contributed by atoms with Crippen LogP contribution in [0, 0.1) is 11.8 Å². The molecule has 1 fully saturated rings. The minimum Gasteiger partial charge on any atom is -0.383 e. The van der Waals surface area contributed by atoms with Crippen LogP contribution in [-0.2, 0) is 11.3 Å². The van der Waals surface area contributed by atoms with Crippen molar-refractivity contribution in [1.29, 1.82) is 0 Å². The van der Waals surface area contributed by atoms with Crippen LogP contribution in [0.3, 0.4) is 0 Å². The van der Waals surface area contributed by atoms with Crippen LogP contribution in [0.2, 0.25) is 0 Å². The average Bonchev–Trinajstić information content (AvgIpc) is 2.44. The van der Waals surface area contributed by atoms with Crippen molar-refractivity contribution in [2.24, 2.45) is 11.8 Å². The normalized spacial score (nSPS) is 16.3. The number of nitrogens with one attached hydrogen (secondary N) is 2. The van der Waals surface area contributed by atoms with E-state index in [4.69, 9.17) is 10.5 Å². The van der Waals surface area contributed by atoms with Crippen LogP contribution in [0.15, 0.2) is 9.59 Å². The maximum absolute atomic E-state index is 11.9. The maximum Gasteiger partial charge on any atom is 0.330 e. The van der Waals surface area contributed by atoms with Gasteiger partial charge in [0.25, 0.3) is 5.56 Å². The van der Waals surface area contributed by atoms with E-state index in [0.717, 1.165) is 26.1 Å². The lowest BCUT2D eigenvalue weighted by Crippen LogP contribution is -2.36. The Morgan fingerprint density at radius 2 is 2.05 bits per heavy atom. The fourth-order valence-electron chi connectivity index (χ4n) is 2.50. The van der Waals surface area contributed by atoms with Crippen LogP contribution in [0.1, 0.15) is 26.7 Å². The molecule has 0 unspecified atom stereocenters. The first-order valence-electron chi connectivity index (χ1n) is 7.43. The SMILES string of the molecule is CC(C)Cn1c(N)c(NCC2CCOCC2)c(=O)[nH]c1=O. The molecule has 2 rings (SSSR count). The molecular formula is C14H24N4O3. The van der Waals surface area contributed by atoms with Crippen molar-refractivity contribution in [3.05, 3.63) is 20.8 Å². The van der Waals surface area contributed by atoms with E-state index in [2.05, 4.69) is 10.3 Å². The molecular weight excluding hydrogens is 272 g/mol. The average molecular weight is 296 g/mol. The molecule has 1 aliphatic heterocycles. The Labute approximate surface area is 123 Å². The number of aromatic amines is 1. The van der Waals surface area contributed by atoms with E-state index in [-0.39, 0.29) is 11.7 Å². The van der Waals surface area contributed by atoms with Crippen molar-refractivity contribution in [2.75, 3.05) is 30.8 Å². The van der Waals surface area contributed by atoms with Crippen LogP contribution in [-0.4, -0.2) is 29.3 Å². The van der Waals surface area contributed by atoms with Crippen molar-refractivity contribution >= 4 is 11.5 Å². The number of nitrogens with zero attached hydrogens (tertiary/aromatic N) is 1. The molecule has 1 saturated heterocycles. The summed E-state index contributed by atoms with van der Waals surface area (Å²) in [6.45, 7) is 6.64. The Morgan fingerprint density at radius 3 is 2.67 bits per heavy atom. The minimum absolute atomic E-state index is 0.213. The highest BCUT2D eigenvalue weighted by molar-refractivity contribution is 5.60. The summed E-state index contributed by atoms with van der Waals surface area (Å²) in [5.41, 5.74) is 5.39. The predicted octanol–water partition coefficient (Wildman–Crippen LogP) is 0.613. The standard InChI is InChI=1S/C14H24N4O3/c1-9(2)8-18-12(15)11(13(19)17-14(18)20)16-7-10-3-5-21-6-4-10/h9-10,16H,3-8,15H2,1-2H3,(H,17,19,20). The Hall–Kier alpha value is -1.76. The topological polar surface area (TPSA) is 102 Å². The number of nitrogen functional groups attached to an aromatic ring is 1. The lowest BCUT2D eigenvalue weighted by atomic mass is 10.0. The van der Waals surface area contributed by atoms with Crippen molar-refractivity contribution in [1.82, 2.24) is 9.55 Å². The first kappa shape index (κ1) is 15.6. The third-order valence-corrected chi connectivity index (χ3v) is 3.70. The van der Waals surface area contributed by atoms with Gasteiger partial charge in [0, 0.05) is 26.3 Å². The molecule has 0 saturated carbocycles. The number of nitrogens with two attached hydrogens (primary N) is 1. The number of hydrogen-bond donors (Lipinski definition) is 3. The third-order valence-electron chi connectivity index (χ3n) is 3.70. The molecule has 0 radical (unpaired) electrons. The maximum atomic E-state index is 11.9. The van der Waals surface area contributed by atoms with Gasteiger partial charge in [0.15, 0.2) is 0 Å². The van der Waals surface area contributed by atoms with Crippen LogP contribution in [0.5, 0.6) is 0 Å². The molecule has 0 amide bonds. The Balaban J connectivity index is 2.18. The van der Waals surface area contributed by atoms with Crippen molar-refractivity contribution in [3.8, 4) is 0 Å². The van der Waals surface area contributed by atoms with Gasteiger partial charge in [-0.15, -0.1) is 0 Å². The number of hydrogen-bond acceptors (Lipinski definition) is 5. The quantitative estimate of drug-likeness (QED) is 0.739. The molecule has 0 atom stereocenters. The molecule has 0 spiro atoms. The molecule has 4 N–H and O–H groups in total. The largest absolute Gasteiger partial charge is 0.383 e. The van der Waals surface area contributed by atoms with Crippen LogP contribution < -0.4 is 22.3 Å². The Bertz CT molecular complexity index is 585. The summed E-state index contributed by atoms with van der Waals surface area (Å²) in [5, 5.41) is 3.11. The van der Waals surface area contributed by atoms with Gasteiger partial charge in [-0.2, -0.15) is 0 Å². The van der Waals surface area contributed by atoms with Crippen molar-refractivity contribution in [3.63, 3.8) is 0 Å². The highest BCUT2D eigenvalue weighted by Crippen LogP contribution is 2.17. The van der Waals surface area contributed by atoms with E-state index in [1.165, 1.54) is 4.57 Å². The van der Waals surface area contributed by atoms with Gasteiger partial charge in [0.05, 0.1) is 0 Å². The van der Waals surface area contributed by atoms with E-state index in [1.807, 2.05) is 13.8 Å². The van der Waals surface area contributed by atoms with Gasteiger partial charge in [-0.25, -0.2) is 4.79 Å². The number of rotatable bonds is 5. The molecule has 1 aromatic heterocycles. The van der Waals surface area contributed by atoms with Crippen molar-refractivity contribution in [2.45, 2.75) is 33.2 Å². The highest BCUT2D eigenvalue weighted by Gasteiger charge is 2.17. The molecule has 7 nitrogen and oxygen atoms in total. The second-order valence-corrected chi connectivity index (χ2v) is 5.96. The fraction of sp³-hybridized carbons (Fsp3) is 0.714. The number of anilines is 2. The fourth-order valence-corrected chi connectivity index (χ4v) is 2.50. The summed E-state index contributed by atoms with van der Waals surface area (Å²) in [7, 11) is 0. The van der Waals surface area contributed by atoms with Gasteiger partial charge in [0.1, 0.15) is 11.5 Å². The van der Waals surface area contributed by atoms with Gasteiger partial charge in [-0.3, -0.25) is 14.3 Å². The molecule has 1 aliphatic rings. The molecule has 0 aromatic carbocycles. The second kappa shape index (κ2) is 6.80.